The Morgan fingerprint density at radius 2 is 1.91 bits per heavy atom. The minimum Gasteiger partial charge on any atom is -0.497 e. The molecule has 2 aromatic rings. The number of halogens is 2. The molecule has 1 unspecified atom stereocenters. The molecule has 0 spiro atoms. The van der Waals surface area contributed by atoms with E-state index in [4.69, 9.17) is 32.7 Å². The molecule has 4 nitrogen and oxygen atoms in total. The van der Waals surface area contributed by atoms with Crippen LogP contribution in [0.1, 0.15) is 13.3 Å². The molecule has 2 rings (SSSR count). The molecular weight excluding hydrogens is 337 g/mol. The molecule has 1 atom stereocenters. The number of rotatable bonds is 6. The van der Waals surface area contributed by atoms with E-state index in [0.29, 0.717) is 33.7 Å². The first-order valence-corrected chi connectivity index (χ1v) is 7.85. The summed E-state index contributed by atoms with van der Waals surface area (Å²) in [5.41, 5.74) is 0.455. The SMILES string of the molecule is CCC(Oc1cccc(OC)c1)C(=O)Nc1cc(Cl)ccc1Cl. The van der Waals surface area contributed by atoms with Gasteiger partial charge in [-0.1, -0.05) is 36.2 Å². The van der Waals surface area contributed by atoms with Gasteiger partial charge in [0.25, 0.3) is 5.91 Å². The summed E-state index contributed by atoms with van der Waals surface area (Å²) < 4.78 is 10.9. The number of methoxy groups -OCH3 is 1. The minimum absolute atomic E-state index is 0.292. The second-order valence-electron chi connectivity index (χ2n) is 4.81. The summed E-state index contributed by atoms with van der Waals surface area (Å²) in [6, 6.07) is 12.0. The number of carbonyl (C=O) groups excluding carboxylic acids is 1. The molecule has 0 radical (unpaired) electrons. The maximum atomic E-state index is 12.4. The monoisotopic (exact) mass is 353 g/mol. The molecule has 122 valence electrons. The molecule has 6 heteroatoms. The summed E-state index contributed by atoms with van der Waals surface area (Å²) in [6.45, 7) is 1.87. The number of hydrogen-bond donors (Lipinski definition) is 1. The second kappa shape index (κ2) is 8.09. The predicted molar refractivity (Wildman–Crippen MR) is 92.8 cm³/mol. The van der Waals surface area contributed by atoms with Gasteiger partial charge in [-0.25, -0.2) is 0 Å². The number of hydrogen-bond acceptors (Lipinski definition) is 3. The van der Waals surface area contributed by atoms with Gasteiger partial charge < -0.3 is 14.8 Å². The molecule has 0 aliphatic carbocycles. The Hall–Kier alpha value is -1.91. The molecular formula is C17H17Cl2NO3. The lowest BCUT2D eigenvalue weighted by atomic mass is 10.2. The van der Waals surface area contributed by atoms with Gasteiger partial charge in [0, 0.05) is 11.1 Å². The van der Waals surface area contributed by atoms with E-state index in [0.717, 1.165) is 0 Å². The van der Waals surface area contributed by atoms with E-state index in [-0.39, 0.29) is 5.91 Å². The van der Waals surface area contributed by atoms with Gasteiger partial charge >= 0.3 is 0 Å². The fourth-order valence-electron chi connectivity index (χ4n) is 1.97. The molecule has 1 N–H and O–H groups in total. The molecule has 0 aromatic heterocycles. The van der Waals surface area contributed by atoms with Gasteiger partial charge in [0.15, 0.2) is 6.10 Å². The van der Waals surface area contributed by atoms with Crippen LogP contribution < -0.4 is 14.8 Å². The number of amides is 1. The van der Waals surface area contributed by atoms with Crippen molar-refractivity contribution in [3.63, 3.8) is 0 Å². The van der Waals surface area contributed by atoms with Crippen molar-refractivity contribution in [3.05, 3.63) is 52.5 Å². The first-order chi connectivity index (χ1) is 11.0. The Labute approximate surface area is 145 Å². The van der Waals surface area contributed by atoms with Crippen LogP contribution in [0.25, 0.3) is 0 Å². The Morgan fingerprint density at radius 3 is 2.61 bits per heavy atom. The van der Waals surface area contributed by atoms with Crippen molar-refractivity contribution in [1.29, 1.82) is 0 Å². The Morgan fingerprint density at radius 1 is 1.17 bits per heavy atom. The van der Waals surface area contributed by atoms with Gasteiger partial charge in [0.05, 0.1) is 17.8 Å². The van der Waals surface area contributed by atoms with Crippen LogP contribution in [0.3, 0.4) is 0 Å². The van der Waals surface area contributed by atoms with Crippen LogP contribution in [0.5, 0.6) is 11.5 Å². The van der Waals surface area contributed by atoms with E-state index in [2.05, 4.69) is 5.32 Å². The first-order valence-electron chi connectivity index (χ1n) is 7.10. The fourth-order valence-corrected chi connectivity index (χ4v) is 2.30. The van der Waals surface area contributed by atoms with Crippen molar-refractivity contribution >= 4 is 34.8 Å². The number of anilines is 1. The quantitative estimate of drug-likeness (QED) is 0.811. The van der Waals surface area contributed by atoms with Crippen molar-refractivity contribution in [1.82, 2.24) is 0 Å². The highest BCUT2D eigenvalue weighted by Gasteiger charge is 2.19. The third-order valence-corrected chi connectivity index (χ3v) is 3.73. The zero-order valence-electron chi connectivity index (χ0n) is 12.8. The highest BCUT2D eigenvalue weighted by Crippen LogP contribution is 2.26. The summed E-state index contributed by atoms with van der Waals surface area (Å²) in [5.74, 6) is 0.929. The second-order valence-corrected chi connectivity index (χ2v) is 5.65. The summed E-state index contributed by atoms with van der Waals surface area (Å²) in [4.78, 5) is 12.4. The van der Waals surface area contributed by atoms with Crippen molar-refractivity contribution in [2.45, 2.75) is 19.4 Å². The van der Waals surface area contributed by atoms with Gasteiger partial charge in [-0.05, 0) is 36.8 Å². The zero-order valence-corrected chi connectivity index (χ0v) is 14.3. The topological polar surface area (TPSA) is 47.6 Å². The molecule has 0 aliphatic heterocycles. The van der Waals surface area contributed by atoms with Gasteiger partial charge in [0.2, 0.25) is 0 Å². The van der Waals surface area contributed by atoms with Crippen LogP contribution >= 0.6 is 23.2 Å². The Bertz CT molecular complexity index is 691. The molecule has 1 amide bonds. The lowest BCUT2D eigenvalue weighted by Crippen LogP contribution is -2.32. The van der Waals surface area contributed by atoms with Crippen LogP contribution in [0, 0.1) is 0 Å². The maximum absolute atomic E-state index is 12.4. The summed E-state index contributed by atoms with van der Waals surface area (Å²) in [5, 5.41) is 3.65. The van der Waals surface area contributed by atoms with E-state index in [1.807, 2.05) is 6.92 Å². The lowest BCUT2D eigenvalue weighted by Gasteiger charge is -2.18. The lowest BCUT2D eigenvalue weighted by molar-refractivity contribution is -0.122. The van der Waals surface area contributed by atoms with Crippen LogP contribution in [-0.4, -0.2) is 19.1 Å². The number of benzene rings is 2. The highest BCUT2D eigenvalue weighted by atomic mass is 35.5. The van der Waals surface area contributed by atoms with Gasteiger partial charge in [-0.15, -0.1) is 0 Å². The largest absolute Gasteiger partial charge is 0.497 e. The molecule has 0 saturated carbocycles. The van der Waals surface area contributed by atoms with Crippen LogP contribution in [0.2, 0.25) is 10.0 Å². The predicted octanol–water partition coefficient (Wildman–Crippen LogP) is 4.80. The van der Waals surface area contributed by atoms with Crippen molar-refractivity contribution in [2.24, 2.45) is 0 Å². The minimum atomic E-state index is -0.655. The van der Waals surface area contributed by atoms with E-state index in [1.54, 1.807) is 49.6 Å². The summed E-state index contributed by atoms with van der Waals surface area (Å²) >= 11 is 12.0. The summed E-state index contributed by atoms with van der Waals surface area (Å²) in [7, 11) is 1.57. The maximum Gasteiger partial charge on any atom is 0.265 e. The molecule has 0 aliphatic rings. The van der Waals surface area contributed by atoms with E-state index < -0.39 is 6.10 Å². The van der Waals surface area contributed by atoms with Crippen molar-refractivity contribution in [3.8, 4) is 11.5 Å². The molecule has 0 saturated heterocycles. The third kappa shape index (κ3) is 4.78. The Kier molecular flexibility index (Phi) is 6.13. The van der Waals surface area contributed by atoms with Crippen LogP contribution in [0.4, 0.5) is 5.69 Å². The number of ether oxygens (including phenoxy) is 2. The molecule has 2 aromatic carbocycles. The smallest absolute Gasteiger partial charge is 0.265 e. The van der Waals surface area contributed by atoms with Crippen LogP contribution in [0.15, 0.2) is 42.5 Å². The van der Waals surface area contributed by atoms with Crippen LogP contribution in [-0.2, 0) is 4.79 Å². The fraction of sp³-hybridized carbons (Fsp3) is 0.235. The molecule has 0 bridgehead atoms. The van der Waals surface area contributed by atoms with E-state index in [9.17, 15) is 4.79 Å². The van der Waals surface area contributed by atoms with Crippen molar-refractivity contribution < 1.29 is 14.3 Å². The third-order valence-electron chi connectivity index (χ3n) is 3.17. The van der Waals surface area contributed by atoms with Gasteiger partial charge in [0.1, 0.15) is 11.5 Å². The highest BCUT2D eigenvalue weighted by molar-refractivity contribution is 6.35. The number of nitrogens with one attached hydrogen (secondary N) is 1. The molecule has 0 heterocycles. The van der Waals surface area contributed by atoms with Crippen molar-refractivity contribution in [2.75, 3.05) is 12.4 Å². The zero-order chi connectivity index (χ0) is 16.8. The van der Waals surface area contributed by atoms with E-state index >= 15 is 0 Å². The Balaban J connectivity index is 2.10. The standard InChI is InChI=1S/C17H17Cl2NO3/c1-3-16(23-13-6-4-5-12(10-13)22-2)17(21)20-15-9-11(18)7-8-14(15)19/h4-10,16H,3H2,1-2H3,(H,20,21). The van der Waals surface area contributed by atoms with Gasteiger partial charge in [-0.3, -0.25) is 4.79 Å². The first kappa shape index (κ1) is 17.4. The normalized spacial score (nSPS) is 11.7. The average molecular weight is 354 g/mol. The molecule has 0 fully saturated rings. The van der Waals surface area contributed by atoms with Gasteiger partial charge in [-0.2, -0.15) is 0 Å². The van der Waals surface area contributed by atoms with E-state index in [1.165, 1.54) is 0 Å². The molecule has 23 heavy (non-hydrogen) atoms. The summed E-state index contributed by atoms with van der Waals surface area (Å²) in [6.07, 6.45) is -0.154. The average Bonchev–Trinajstić information content (AvgIpc) is 2.56. The number of carbonyl (C=O) groups is 1.